The van der Waals surface area contributed by atoms with E-state index in [9.17, 15) is 13.2 Å². The van der Waals surface area contributed by atoms with Gasteiger partial charge in [-0.15, -0.1) is 0 Å². The van der Waals surface area contributed by atoms with E-state index in [0.717, 1.165) is 48.4 Å². The first-order chi connectivity index (χ1) is 16.1. The van der Waals surface area contributed by atoms with E-state index in [2.05, 4.69) is 28.6 Å². The number of hydrogen-bond acceptors (Lipinski definition) is 3. The van der Waals surface area contributed by atoms with E-state index >= 15 is 0 Å². The Bertz CT molecular complexity index is 1200. The summed E-state index contributed by atoms with van der Waals surface area (Å²) in [6.45, 7) is 8.68. The maximum atomic E-state index is 14.4. The second-order valence-electron chi connectivity index (χ2n) is 9.57. The topological polar surface area (TPSA) is 70.4 Å². The van der Waals surface area contributed by atoms with Crippen LogP contribution >= 0.6 is 0 Å². The molecule has 1 saturated heterocycles. The molecule has 8 heteroatoms. The lowest BCUT2D eigenvalue weighted by Gasteiger charge is -2.16. The van der Waals surface area contributed by atoms with Crippen molar-refractivity contribution in [3.63, 3.8) is 0 Å². The fourth-order valence-electron chi connectivity index (χ4n) is 4.43. The molecule has 0 spiro atoms. The highest BCUT2D eigenvalue weighted by Crippen LogP contribution is 2.30. The van der Waals surface area contributed by atoms with Gasteiger partial charge in [0.05, 0.1) is 11.4 Å². The van der Waals surface area contributed by atoms with Crippen LogP contribution in [-0.4, -0.2) is 32.3 Å². The van der Waals surface area contributed by atoms with Gasteiger partial charge in [-0.2, -0.15) is 14.4 Å². The first-order valence-corrected chi connectivity index (χ1v) is 13.3. The smallest absolute Gasteiger partial charge is 0.299 e. The molecule has 0 saturated carbocycles. The van der Waals surface area contributed by atoms with Crippen molar-refractivity contribution in [1.82, 2.24) is 14.7 Å². The maximum absolute atomic E-state index is 14.4. The third kappa shape index (κ3) is 5.40. The number of halogens is 1. The molecule has 2 aromatic carbocycles. The summed E-state index contributed by atoms with van der Waals surface area (Å²) in [5.41, 5.74) is 4.65. The molecule has 1 aromatic heterocycles. The van der Waals surface area contributed by atoms with Gasteiger partial charge < -0.3 is 0 Å². The average molecular weight is 486 g/mol. The summed E-state index contributed by atoms with van der Waals surface area (Å²) < 4.78 is 43.1. The van der Waals surface area contributed by atoms with Crippen LogP contribution in [0, 0.1) is 18.7 Å². The first kappa shape index (κ1) is 24.6. The average Bonchev–Trinajstić information content (AvgIpc) is 3.39. The Labute approximate surface area is 202 Å². The van der Waals surface area contributed by atoms with Gasteiger partial charge >= 0.3 is 10.4 Å². The van der Waals surface area contributed by atoms with Crippen molar-refractivity contribution in [1.29, 1.82) is 0 Å². The lowest BCUT2D eigenvalue weighted by Crippen LogP contribution is -2.21. The van der Waals surface area contributed by atoms with Gasteiger partial charge in [0, 0.05) is 19.2 Å². The summed E-state index contributed by atoms with van der Waals surface area (Å²) in [5.74, 6) is 0.175. The monoisotopic (exact) mass is 485 g/mol. The molecular formula is C26H34FN4O2S+. The molecule has 4 rings (SSSR count). The van der Waals surface area contributed by atoms with E-state index in [1.807, 2.05) is 32.2 Å². The molecule has 0 aliphatic carbocycles. The standard InChI is InChI=1S/C26H33FN4O2S/c1-18(2)15-25-26(19(3)30(4)28-25)29-34(32,33)23-10-7-20(8-11-23)21-9-12-24(27)22(16-21)17-31-13-5-6-14-31/h7-12,16,18H,5-6,13-15,17H2,1-4H3,(H-,29,32,33)/p+1. The van der Waals surface area contributed by atoms with Gasteiger partial charge in [-0.1, -0.05) is 19.9 Å². The van der Waals surface area contributed by atoms with Crippen LogP contribution in [0.25, 0.3) is 11.1 Å². The summed E-state index contributed by atoms with van der Waals surface area (Å²) in [7, 11) is -1.70. The normalized spacial score (nSPS) is 16.2. The molecule has 0 bridgehead atoms. The fraction of sp³-hybridized carbons (Fsp3) is 0.423. The Morgan fingerprint density at radius 1 is 1.12 bits per heavy atom. The molecule has 2 N–H and O–H groups in total. The molecule has 1 atom stereocenters. The van der Waals surface area contributed by atoms with Crippen LogP contribution in [0.3, 0.4) is 0 Å². The Balaban J connectivity index is 1.55. The zero-order valence-corrected chi connectivity index (χ0v) is 21.2. The van der Waals surface area contributed by atoms with Gasteiger partial charge in [0.15, 0.2) is 0 Å². The van der Waals surface area contributed by atoms with Crippen LogP contribution in [0.4, 0.5) is 10.1 Å². The molecule has 182 valence electrons. The third-order valence-electron chi connectivity index (χ3n) is 6.39. The van der Waals surface area contributed by atoms with Gasteiger partial charge in [-0.3, -0.25) is 9.58 Å². The number of likely N-dealkylation sites (tertiary alicyclic amines) is 1. The second kappa shape index (κ2) is 9.98. The first-order valence-electron chi connectivity index (χ1n) is 11.8. The summed E-state index contributed by atoms with van der Waals surface area (Å²) in [6.07, 6.45) is 3.03. The zero-order chi connectivity index (χ0) is 24.5. The van der Waals surface area contributed by atoms with E-state index in [-0.39, 0.29) is 10.7 Å². The molecule has 1 aliphatic rings. The minimum Gasteiger partial charge on any atom is -0.299 e. The van der Waals surface area contributed by atoms with Crippen molar-refractivity contribution in [2.75, 3.05) is 17.8 Å². The van der Waals surface area contributed by atoms with Gasteiger partial charge in [-0.25, -0.2) is 4.39 Å². The molecule has 2 heterocycles. The molecule has 0 radical (unpaired) electrons. The number of aromatic nitrogens is 2. The van der Waals surface area contributed by atoms with Crippen molar-refractivity contribution < 1.29 is 13.2 Å². The lowest BCUT2D eigenvalue weighted by atomic mass is 10.0. The van der Waals surface area contributed by atoms with Crippen molar-refractivity contribution >= 4 is 16.1 Å². The van der Waals surface area contributed by atoms with Crippen LogP contribution in [0.1, 0.15) is 43.6 Å². The number of rotatable bonds is 8. The maximum Gasteiger partial charge on any atom is 0.346 e. The summed E-state index contributed by atoms with van der Waals surface area (Å²) in [6, 6.07) is 12.1. The summed E-state index contributed by atoms with van der Waals surface area (Å²) >= 11 is 0. The van der Waals surface area contributed by atoms with Crippen LogP contribution in [0.2, 0.25) is 0 Å². The molecule has 1 aliphatic heterocycles. The SMILES string of the molecule is Cc1c(N[S+](=O)(O)c2ccc(-c3ccc(F)c(CN4CCCC4)c3)cc2)c(CC(C)C)nn1C. The van der Waals surface area contributed by atoms with E-state index in [4.69, 9.17) is 0 Å². The van der Waals surface area contributed by atoms with Crippen LogP contribution in [0.5, 0.6) is 0 Å². The Morgan fingerprint density at radius 2 is 1.76 bits per heavy atom. The minimum absolute atomic E-state index is 0.195. The van der Waals surface area contributed by atoms with Crippen LogP contribution in [-0.2, 0) is 34.6 Å². The second-order valence-corrected chi connectivity index (χ2v) is 11.3. The van der Waals surface area contributed by atoms with E-state index in [1.54, 1.807) is 22.9 Å². The largest absolute Gasteiger partial charge is 0.346 e. The molecule has 3 aromatic rings. The lowest BCUT2D eigenvalue weighted by molar-refractivity contribution is 0.325. The van der Waals surface area contributed by atoms with E-state index in [1.165, 1.54) is 6.07 Å². The van der Waals surface area contributed by atoms with E-state index in [0.29, 0.717) is 30.1 Å². The Hall–Kier alpha value is -2.55. The predicted molar refractivity (Wildman–Crippen MR) is 135 cm³/mol. The predicted octanol–water partition coefficient (Wildman–Crippen LogP) is 5.69. The molecule has 34 heavy (non-hydrogen) atoms. The molecule has 6 nitrogen and oxygen atoms in total. The molecule has 0 amide bonds. The van der Waals surface area contributed by atoms with Crippen molar-refractivity contribution in [2.24, 2.45) is 13.0 Å². The number of hydrogen-bond donors (Lipinski definition) is 2. The molecular weight excluding hydrogens is 451 g/mol. The van der Waals surface area contributed by atoms with Crippen molar-refractivity contribution in [3.8, 4) is 11.1 Å². The molecule has 1 fully saturated rings. The number of benzene rings is 2. The Morgan fingerprint density at radius 3 is 2.41 bits per heavy atom. The van der Waals surface area contributed by atoms with Crippen molar-refractivity contribution in [2.45, 2.75) is 51.5 Å². The van der Waals surface area contributed by atoms with E-state index < -0.39 is 10.4 Å². The summed E-state index contributed by atoms with van der Waals surface area (Å²) in [4.78, 5) is 2.56. The highest BCUT2D eigenvalue weighted by atomic mass is 32.3. The van der Waals surface area contributed by atoms with Gasteiger partial charge in [0.1, 0.15) is 11.5 Å². The number of nitrogens with zero attached hydrogens (tertiary/aromatic N) is 3. The third-order valence-corrected chi connectivity index (χ3v) is 7.79. The Kier molecular flexibility index (Phi) is 7.21. The number of nitrogens with one attached hydrogen (secondary N) is 1. The fourth-order valence-corrected chi connectivity index (χ4v) is 5.59. The highest BCUT2D eigenvalue weighted by molar-refractivity contribution is 7.99. The van der Waals surface area contributed by atoms with Crippen molar-refractivity contribution in [3.05, 3.63) is 65.2 Å². The minimum atomic E-state index is -3.53. The van der Waals surface area contributed by atoms with Crippen LogP contribution in [0.15, 0.2) is 47.4 Å². The summed E-state index contributed by atoms with van der Waals surface area (Å²) in [5, 5.41) is 4.52. The zero-order valence-electron chi connectivity index (χ0n) is 20.3. The number of anilines is 1. The van der Waals surface area contributed by atoms with Gasteiger partial charge in [0.2, 0.25) is 4.90 Å². The van der Waals surface area contributed by atoms with Crippen LogP contribution < -0.4 is 4.72 Å². The van der Waals surface area contributed by atoms with Gasteiger partial charge in [0.25, 0.3) is 0 Å². The number of aryl methyl sites for hydroxylation is 1. The van der Waals surface area contributed by atoms with Gasteiger partial charge in [-0.05, 0) is 96.9 Å². The quantitative estimate of drug-likeness (QED) is 0.402. The highest BCUT2D eigenvalue weighted by Gasteiger charge is 2.32. The molecule has 1 unspecified atom stereocenters.